The third kappa shape index (κ3) is 3.69. The van der Waals surface area contributed by atoms with Crippen LogP contribution in [0.2, 0.25) is 5.15 Å². The molecule has 112 valence electrons. The highest BCUT2D eigenvalue weighted by Gasteiger charge is 2.32. The average Bonchev–Trinajstić information content (AvgIpc) is 2.47. The van der Waals surface area contributed by atoms with Crippen molar-refractivity contribution in [1.29, 1.82) is 0 Å². The molecule has 0 unspecified atom stereocenters. The van der Waals surface area contributed by atoms with Gasteiger partial charge in [0.25, 0.3) is 0 Å². The van der Waals surface area contributed by atoms with Gasteiger partial charge in [-0.2, -0.15) is 0 Å². The molecule has 0 spiro atoms. The van der Waals surface area contributed by atoms with Gasteiger partial charge in [-0.25, -0.2) is 18.1 Å². The quantitative estimate of drug-likeness (QED) is 0.813. The average molecular weight is 319 g/mol. The van der Waals surface area contributed by atoms with Gasteiger partial charge in [0, 0.05) is 24.8 Å². The molecule has 1 aromatic rings. The number of rotatable bonds is 5. The summed E-state index contributed by atoms with van der Waals surface area (Å²) in [5.41, 5.74) is -0.328. The number of nitrogens with one attached hydrogen (secondary N) is 1. The Morgan fingerprint density at radius 2 is 2.00 bits per heavy atom. The van der Waals surface area contributed by atoms with Crippen molar-refractivity contribution in [2.45, 2.75) is 37.0 Å². The predicted molar refractivity (Wildman–Crippen MR) is 77.0 cm³/mol. The maximum atomic E-state index is 12.2. The first-order chi connectivity index (χ1) is 9.47. The summed E-state index contributed by atoms with van der Waals surface area (Å²) < 4.78 is 26.9. The Bertz CT molecular complexity index is 539. The van der Waals surface area contributed by atoms with E-state index < -0.39 is 10.0 Å². The van der Waals surface area contributed by atoms with Crippen LogP contribution < -0.4 is 4.72 Å². The third-order valence-corrected chi connectivity index (χ3v) is 5.51. The Kier molecular flexibility index (Phi) is 5.01. The number of sulfonamides is 1. The molecule has 1 saturated carbocycles. The van der Waals surface area contributed by atoms with Crippen LogP contribution in [0, 0.1) is 5.41 Å². The van der Waals surface area contributed by atoms with Crippen LogP contribution in [0.25, 0.3) is 0 Å². The lowest BCUT2D eigenvalue weighted by molar-refractivity contribution is 0.0867. The van der Waals surface area contributed by atoms with Gasteiger partial charge in [-0.15, -0.1) is 0 Å². The van der Waals surface area contributed by atoms with Crippen LogP contribution >= 0.6 is 11.6 Å². The second-order valence-electron chi connectivity index (χ2n) is 5.36. The van der Waals surface area contributed by atoms with E-state index in [9.17, 15) is 13.5 Å². The summed E-state index contributed by atoms with van der Waals surface area (Å²) in [6, 6.07) is 2.86. The smallest absolute Gasteiger partial charge is 0.242 e. The zero-order valence-electron chi connectivity index (χ0n) is 11.2. The maximum absolute atomic E-state index is 12.2. The molecule has 1 fully saturated rings. The fourth-order valence-corrected chi connectivity index (χ4v) is 3.76. The second kappa shape index (κ2) is 6.39. The number of aliphatic hydroxyl groups is 1. The number of halogens is 1. The molecule has 20 heavy (non-hydrogen) atoms. The Balaban J connectivity index is 2.06. The molecule has 0 radical (unpaired) electrons. The largest absolute Gasteiger partial charge is 0.396 e. The van der Waals surface area contributed by atoms with E-state index in [2.05, 4.69) is 9.71 Å². The van der Waals surface area contributed by atoms with Crippen LogP contribution in [0.4, 0.5) is 0 Å². The Hall–Kier alpha value is -0.690. The molecule has 0 atom stereocenters. The van der Waals surface area contributed by atoms with Crippen molar-refractivity contribution in [3.8, 4) is 0 Å². The molecule has 0 aliphatic heterocycles. The van der Waals surface area contributed by atoms with Crippen LogP contribution in [0.1, 0.15) is 32.1 Å². The standard InChI is InChI=1S/C13H19ClN2O3S/c14-12-5-4-11(8-15-12)20(18,19)16-9-13(10-17)6-2-1-3-7-13/h4-5,8,16-17H,1-3,6-7,9-10H2. The molecule has 1 heterocycles. The van der Waals surface area contributed by atoms with E-state index in [0.717, 1.165) is 32.1 Å². The van der Waals surface area contributed by atoms with Gasteiger partial charge in [-0.3, -0.25) is 0 Å². The molecule has 1 aromatic heterocycles. The summed E-state index contributed by atoms with van der Waals surface area (Å²) >= 11 is 5.65. The fraction of sp³-hybridized carbons (Fsp3) is 0.615. The zero-order chi connectivity index (χ0) is 14.6. The topological polar surface area (TPSA) is 79.3 Å². The van der Waals surface area contributed by atoms with Crippen molar-refractivity contribution in [3.05, 3.63) is 23.5 Å². The van der Waals surface area contributed by atoms with Crippen LogP contribution in [-0.2, 0) is 10.0 Å². The van der Waals surface area contributed by atoms with Gasteiger partial charge in [0.1, 0.15) is 10.0 Å². The molecule has 0 amide bonds. The van der Waals surface area contributed by atoms with Crippen molar-refractivity contribution in [1.82, 2.24) is 9.71 Å². The minimum absolute atomic E-state index is 0.00832. The van der Waals surface area contributed by atoms with E-state index in [0.29, 0.717) is 0 Å². The van der Waals surface area contributed by atoms with Crippen molar-refractivity contribution in [2.75, 3.05) is 13.2 Å². The van der Waals surface area contributed by atoms with Crippen molar-refractivity contribution in [2.24, 2.45) is 5.41 Å². The molecule has 2 rings (SSSR count). The number of hydrogen-bond donors (Lipinski definition) is 2. The number of nitrogens with zero attached hydrogens (tertiary/aromatic N) is 1. The van der Waals surface area contributed by atoms with Crippen molar-refractivity contribution in [3.63, 3.8) is 0 Å². The SMILES string of the molecule is O=S(=O)(NCC1(CO)CCCCC1)c1ccc(Cl)nc1. The lowest BCUT2D eigenvalue weighted by atomic mass is 9.75. The summed E-state index contributed by atoms with van der Waals surface area (Å²) in [5.74, 6) is 0. The van der Waals surface area contributed by atoms with E-state index in [1.807, 2.05) is 0 Å². The van der Waals surface area contributed by atoms with Crippen LogP contribution in [0.5, 0.6) is 0 Å². The minimum Gasteiger partial charge on any atom is -0.396 e. The summed E-state index contributed by atoms with van der Waals surface area (Å²) in [6.07, 6.45) is 6.15. The van der Waals surface area contributed by atoms with Gasteiger partial charge in [0.2, 0.25) is 10.0 Å². The fourth-order valence-electron chi connectivity index (χ4n) is 2.55. The van der Waals surface area contributed by atoms with Gasteiger partial charge in [-0.1, -0.05) is 30.9 Å². The Morgan fingerprint density at radius 3 is 2.55 bits per heavy atom. The predicted octanol–water partition coefficient (Wildman–Crippen LogP) is 1.96. The first-order valence-electron chi connectivity index (χ1n) is 6.70. The zero-order valence-corrected chi connectivity index (χ0v) is 12.8. The third-order valence-electron chi connectivity index (χ3n) is 3.90. The van der Waals surface area contributed by atoms with E-state index in [1.165, 1.54) is 18.3 Å². The summed E-state index contributed by atoms with van der Waals surface area (Å²) in [6.45, 7) is 0.267. The van der Waals surface area contributed by atoms with E-state index in [1.54, 1.807) is 0 Å². The van der Waals surface area contributed by atoms with Crippen LogP contribution in [0.3, 0.4) is 0 Å². The number of aromatic nitrogens is 1. The molecule has 1 aliphatic carbocycles. The van der Waals surface area contributed by atoms with Gasteiger partial charge < -0.3 is 5.11 Å². The molecular formula is C13H19ClN2O3S. The number of pyridine rings is 1. The molecule has 5 nitrogen and oxygen atoms in total. The molecule has 7 heteroatoms. The molecule has 1 aliphatic rings. The molecule has 0 saturated heterocycles. The van der Waals surface area contributed by atoms with Gasteiger partial charge in [-0.05, 0) is 25.0 Å². The monoisotopic (exact) mass is 318 g/mol. The van der Waals surface area contributed by atoms with Gasteiger partial charge in [0.15, 0.2) is 0 Å². The Morgan fingerprint density at radius 1 is 1.30 bits per heavy atom. The van der Waals surface area contributed by atoms with E-state index >= 15 is 0 Å². The maximum Gasteiger partial charge on any atom is 0.242 e. The summed E-state index contributed by atoms with van der Waals surface area (Å²) in [4.78, 5) is 3.86. The van der Waals surface area contributed by atoms with E-state index in [4.69, 9.17) is 11.6 Å². The van der Waals surface area contributed by atoms with Gasteiger partial charge in [0.05, 0.1) is 0 Å². The normalized spacial score (nSPS) is 18.9. The van der Waals surface area contributed by atoms with E-state index in [-0.39, 0.29) is 28.6 Å². The Labute approximate surface area is 124 Å². The molecular weight excluding hydrogens is 300 g/mol. The first kappa shape index (κ1) is 15.7. The summed E-state index contributed by atoms with van der Waals surface area (Å²) in [7, 11) is -3.61. The number of aliphatic hydroxyl groups excluding tert-OH is 1. The summed E-state index contributed by atoms with van der Waals surface area (Å²) in [5, 5.41) is 9.83. The highest BCUT2D eigenvalue weighted by Crippen LogP contribution is 2.35. The molecule has 0 aromatic carbocycles. The molecule has 0 bridgehead atoms. The van der Waals surface area contributed by atoms with Gasteiger partial charge >= 0.3 is 0 Å². The highest BCUT2D eigenvalue weighted by atomic mass is 35.5. The minimum atomic E-state index is -3.61. The lowest BCUT2D eigenvalue weighted by Crippen LogP contribution is -2.41. The first-order valence-corrected chi connectivity index (χ1v) is 8.56. The number of hydrogen-bond acceptors (Lipinski definition) is 4. The van der Waals surface area contributed by atoms with Crippen LogP contribution in [0.15, 0.2) is 23.2 Å². The van der Waals surface area contributed by atoms with Crippen molar-refractivity contribution < 1.29 is 13.5 Å². The second-order valence-corrected chi connectivity index (χ2v) is 7.51. The van der Waals surface area contributed by atoms with Crippen molar-refractivity contribution >= 4 is 21.6 Å². The van der Waals surface area contributed by atoms with Crippen LogP contribution in [-0.4, -0.2) is 31.7 Å². The molecule has 2 N–H and O–H groups in total. The highest BCUT2D eigenvalue weighted by molar-refractivity contribution is 7.89. The lowest BCUT2D eigenvalue weighted by Gasteiger charge is -2.35.